The topological polar surface area (TPSA) is 24.9 Å². The van der Waals surface area contributed by atoms with Gasteiger partial charge in [0.2, 0.25) is 0 Å². The normalized spacial score (nSPS) is 12.4. The molecule has 0 saturated carbocycles. The molecule has 0 radical (unpaired) electrons. The van der Waals surface area contributed by atoms with E-state index in [1.165, 1.54) is 6.20 Å². The Morgan fingerprint density at radius 1 is 1.37 bits per heavy atom. The molecule has 0 aliphatic heterocycles. The van der Waals surface area contributed by atoms with Crippen molar-refractivity contribution in [3.8, 4) is 0 Å². The first-order chi connectivity index (χ1) is 9.13. The van der Waals surface area contributed by atoms with Gasteiger partial charge in [-0.1, -0.05) is 40.5 Å². The number of pyridine rings is 1. The first-order valence-corrected chi connectivity index (χ1v) is 7.08. The SMILES string of the molecule is CCNC(c1ccncc1F)c1ccc(Br)cc1Cl. The number of benzene rings is 1. The lowest BCUT2D eigenvalue weighted by Gasteiger charge is -2.20. The van der Waals surface area contributed by atoms with Crippen LogP contribution in [0, 0.1) is 5.82 Å². The van der Waals surface area contributed by atoms with Gasteiger partial charge in [0.25, 0.3) is 0 Å². The maximum Gasteiger partial charge on any atom is 0.146 e. The highest BCUT2D eigenvalue weighted by Gasteiger charge is 2.19. The van der Waals surface area contributed by atoms with Crippen LogP contribution in [0.25, 0.3) is 0 Å². The lowest BCUT2D eigenvalue weighted by molar-refractivity contribution is 0.554. The number of aromatic nitrogens is 1. The van der Waals surface area contributed by atoms with Crippen molar-refractivity contribution in [1.82, 2.24) is 10.3 Å². The summed E-state index contributed by atoms with van der Waals surface area (Å²) in [6.45, 7) is 2.68. The molecule has 0 aliphatic carbocycles. The smallest absolute Gasteiger partial charge is 0.146 e. The van der Waals surface area contributed by atoms with E-state index in [4.69, 9.17) is 11.6 Å². The van der Waals surface area contributed by atoms with Crippen molar-refractivity contribution in [3.63, 3.8) is 0 Å². The Morgan fingerprint density at radius 3 is 2.79 bits per heavy atom. The largest absolute Gasteiger partial charge is 0.306 e. The summed E-state index contributed by atoms with van der Waals surface area (Å²) in [7, 11) is 0. The second kappa shape index (κ2) is 6.46. The van der Waals surface area contributed by atoms with Gasteiger partial charge in [-0.2, -0.15) is 0 Å². The van der Waals surface area contributed by atoms with Crippen molar-refractivity contribution in [3.05, 3.63) is 63.1 Å². The Morgan fingerprint density at radius 2 is 2.16 bits per heavy atom. The lowest BCUT2D eigenvalue weighted by atomic mass is 9.99. The Kier molecular flexibility index (Phi) is 4.91. The fourth-order valence-corrected chi connectivity index (χ4v) is 2.73. The summed E-state index contributed by atoms with van der Waals surface area (Å²) in [5.41, 5.74) is 1.39. The number of nitrogens with one attached hydrogen (secondary N) is 1. The van der Waals surface area contributed by atoms with Gasteiger partial charge in [0.15, 0.2) is 0 Å². The van der Waals surface area contributed by atoms with Crippen LogP contribution >= 0.6 is 27.5 Å². The highest BCUT2D eigenvalue weighted by Crippen LogP contribution is 2.31. The van der Waals surface area contributed by atoms with Gasteiger partial charge in [0.1, 0.15) is 5.82 Å². The fraction of sp³-hybridized carbons (Fsp3) is 0.214. The lowest BCUT2D eigenvalue weighted by Crippen LogP contribution is -2.23. The summed E-state index contributed by atoms with van der Waals surface area (Å²) in [6, 6.07) is 6.97. The van der Waals surface area contributed by atoms with Crippen molar-refractivity contribution in [2.75, 3.05) is 6.54 Å². The first kappa shape index (κ1) is 14.4. The first-order valence-electron chi connectivity index (χ1n) is 5.91. The predicted molar refractivity (Wildman–Crippen MR) is 78.9 cm³/mol. The summed E-state index contributed by atoms with van der Waals surface area (Å²) in [5, 5.41) is 3.84. The van der Waals surface area contributed by atoms with Crippen LogP contribution in [0.15, 0.2) is 41.1 Å². The zero-order chi connectivity index (χ0) is 13.8. The van der Waals surface area contributed by atoms with Gasteiger partial charge in [0.05, 0.1) is 12.2 Å². The van der Waals surface area contributed by atoms with Gasteiger partial charge in [-0.3, -0.25) is 4.98 Å². The second-order valence-electron chi connectivity index (χ2n) is 4.05. The fourth-order valence-electron chi connectivity index (χ4n) is 1.95. The quantitative estimate of drug-likeness (QED) is 0.893. The van der Waals surface area contributed by atoms with Crippen LogP contribution in [0.1, 0.15) is 24.1 Å². The minimum atomic E-state index is -0.340. The number of nitrogens with zero attached hydrogens (tertiary/aromatic N) is 1. The van der Waals surface area contributed by atoms with Crippen LogP contribution in [0.3, 0.4) is 0 Å². The van der Waals surface area contributed by atoms with Gasteiger partial charge in [-0.05, 0) is 30.3 Å². The van der Waals surface area contributed by atoms with Crippen molar-refractivity contribution in [2.45, 2.75) is 13.0 Å². The van der Waals surface area contributed by atoms with Crippen molar-refractivity contribution in [2.24, 2.45) is 0 Å². The molecule has 0 fully saturated rings. The second-order valence-corrected chi connectivity index (χ2v) is 5.38. The average Bonchev–Trinajstić information content (AvgIpc) is 2.38. The molecular weight excluding hydrogens is 331 g/mol. The third kappa shape index (κ3) is 3.32. The molecule has 1 unspecified atom stereocenters. The Hall–Kier alpha value is -0.970. The summed E-state index contributed by atoms with van der Waals surface area (Å²) in [5.74, 6) is -0.340. The molecule has 0 bridgehead atoms. The van der Waals surface area contributed by atoms with Crippen molar-refractivity contribution < 1.29 is 4.39 Å². The summed E-state index contributed by atoms with van der Waals surface area (Å²) >= 11 is 9.62. The van der Waals surface area contributed by atoms with Gasteiger partial charge in [0, 0.05) is 21.3 Å². The number of rotatable bonds is 4. The highest BCUT2D eigenvalue weighted by atomic mass is 79.9. The Labute approximate surface area is 125 Å². The standard InChI is InChI=1S/C14H13BrClFN2/c1-2-19-14(11-5-6-18-8-13(11)17)10-4-3-9(15)7-12(10)16/h3-8,14,19H,2H2,1H3. The van der Waals surface area contributed by atoms with E-state index in [9.17, 15) is 4.39 Å². The molecule has 2 nitrogen and oxygen atoms in total. The molecule has 0 aliphatic rings. The van der Waals surface area contributed by atoms with Crippen LogP contribution in [0.5, 0.6) is 0 Å². The monoisotopic (exact) mass is 342 g/mol. The van der Waals surface area contributed by atoms with E-state index in [0.717, 1.165) is 10.0 Å². The van der Waals surface area contributed by atoms with E-state index in [1.54, 1.807) is 18.3 Å². The summed E-state index contributed by atoms with van der Waals surface area (Å²) in [6.07, 6.45) is 2.79. The van der Waals surface area contributed by atoms with Gasteiger partial charge >= 0.3 is 0 Å². The van der Waals surface area contributed by atoms with E-state index < -0.39 is 0 Å². The van der Waals surface area contributed by atoms with E-state index in [2.05, 4.69) is 26.2 Å². The summed E-state index contributed by atoms with van der Waals surface area (Å²) in [4.78, 5) is 3.77. The molecule has 0 amide bonds. The van der Waals surface area contributed by atoms with Gasteiger partial charge in [-0.25, -0.2) is 4.39 Å². The molecule has 19 heavy (non-hydrogen) atoms. The van der Waals surface area contributed by atoms with Crippen LogP contribution in [0.2, 0.25) is 5.02 Å². The molecule has 0 saturated heterocycles. The maximum atomic E-state index is 13.9. The molecule has 1 aromatic carbocycles. The van der Waals surface area contributed by atoms with Crippen LogP contribution < -0.4 is 5.32 Å². The Balaban J connectivity index is 2.48. The van der Waals surface area contributed by atoms with Gasteiger partial charge in [-0.15, -0.1) is 0 Å². The Bertz CT molecular complexity index is 577. The number of hydrogen-bond acceptors (Lipinski definition) is 2. The van der Waals surface area contributed by atoms with Crippen molar-refractivity contribution >= 4 is 27.5 Å². The van der Waals surface area contributed by atoms with Crippen molar-refractivity contribution in [1.29, 1.82) is 0 Å². The zero-order valence-electron chi connectivity index (χ0n) is 10.3. The molecule has 100 valence electrons. The number of halogens is 3. The van der Waals surface area contributed by atoms with E-state index in [0.29, 0.717) is 17.1 Å². The molecule has 1 heterocycles. The minimum Gasteiger partial charge on any atom is -0.306 e. The van der Waals surface area contributed by atoms with Crippen LogP contribution in [0.4, 0.5) is 4.39 Å². The molecular formula is C14H13BrClFN2. The predicted octanol–water partition coefficient (Wildman–Crippen LogP) is 4.34. The molecule has 2 rings (SSSR count). The molecule has 1 N–H and O–H groups in total. The molecule has 5 heteroatoms. The molecule has 1 atom stereocenters. The molecule has 0 spiro atoms. The van der Waals surface area contributed by atoms with Crippen LogP contribution in [-0.4, -0.2) is 11.5 Å². The number of hydrogen-bond donors (Lipinski definition) is 1. The summed E-state index contributed by atoms with van der Waals surface area (Å²) < 4.78 is 14.8. The third-order valence-corrected chi connectivity index (χ3v) is 3.62. The average molecular weight is 344 g/mol. The van der Waals surface area contributed by atoms with E-state index in [1.807, 2.05) is 19.1 Å². The maximum absolute atomic E-state index is 13.9. The van der Waals surface area contributed by atoms with Crippen LogP contribution in [-0.2, 0) is 0 Å². The van der Waals surface area contributed by atoms with E-state index in [-0.39, 0.29) is 11.9 Å². The highest BCUT2D eigenvalue weighted by molar-refractivity contribution is 9.10. The zero-order valence-corrected chi connectivity index (χ0v) is 12.7. The van der Waals surface area contributed by atoms with E-state index >= 15 is 0 Å². The van der Waals surface area contributed by atoms with Gasteiger partial charge < -0.3 is 5.32 Å². The molecule has 1 aromatic heterocycles. The molecule has 2 aromatic rings. The minimum absolute atomic E-state index is 0.284. The third-order valence-electron chi connectivity index (χ3n) is 2.80.